The predicted molar refractivity (Wildman–Crippen MR) is 64.8 cm³/mol. The van der Waals surface area contributed by atoms with Crippen LogP contribution in [0.4, 0.5) is 0 Å². The quantitative estimate of drug-likeness (QED) is 0.781. The maximum absolute atomic E-state index is 5.78. The van der Waals surface area contributed by atoms with Crippen molar-refractivity contribution in [3.8, 4) is 5.75 Å². The van der Waals surface area contributed by atoms with Gasteiger partial charge in [-0.25, -0.2) is 0 Å². The number of piperidine rings is 1. The summed E-state index contributed by atoms with van der Waals surface area (Å²) in [6.07, 6.45) is 3.61. The highest BCUT2D eigenvalue weighted by molar-refractivity contribution is 5.45. The maximum atomic E-state index is 5.78. The lowest BCUT2D eigenvalue weighted by molar-refractivity contribution is 0.308. The van der Waals surface area contributed by atoms with Gasteiger partial charge >= 0.3 is 0 Å². The molecule has 2 unspecified atom stereocenters. The number of para-hydroxylation sites is 1. The zero-order chi connectivity index (χ0) is 11.0. The Labute approximate surface area is 97.0 Å². The third kappa shape index (κ3) is 1.71. The van der Waals surface area contributed by atoms with Crippen molar-refractivity contribution in [2.75, 3.05) is 13.2 Å². The number of hydrogen-bond donors (Lipinski definition) is 1. The summed E-state index contributed by atoms with van der Waals surface area (Å²) in [7, 11) is 0. The Bertz CT molecular complexity index is 388. The lowest BCUT2D eigenvalue weighted by atomic mass is 9.89. The van der Waals surface area contributed by atoms with E-state index in [0.717, 1.165) is 31.2 Å². The van der Waals surface area contributed by atoms with Gasteiger partial charge in [0.15, 0.2) is 0 Å². The summed E-state index contributed by atoms with van der Waals surface area (Å²) in [6.45, 7) is 4.34. The summed E-state index contributed by atoms with van der Waals surface area (Å²) in [5, 5.41) is 3.62. The third-order valence-corrected chi connectivity index (χ3v) is 3.79. The fourth-order valence-electron chi connectivity index (χ4n) is 2.86. The zero-order valence-electron chi connectivity index (χ0n) is 9.83. The third-order valence-electron chi connectivity index (χ3n) is 3.79. The first kappa shape index (κ1) is 10.2. The van der Waals surface area contributed by atoms with Crippen molar-refractivity contribution < 1.29 is 4.74 Å². The Morgan fingerprint density at radius 2 is 2.31 bits per heavy atom. The van der Waals surface area contributed by atoms with Gasteiger partial charge in [0.2, 0.25) is 0 Å². The molecular formula is C14H19NO. The van der Waals surface area contributed by atoms with Crippen LogP contribution in [0.25, 0.3) is 0 Å². The highest BCUT2D eigenvalue weighted by Crippen LogP contribution is 2.37. The van der Waals surface area contributed by atoms with Crippen LogP contribution in [-0.2, 0) is 6.42 Å². The Hall–Kier alpha value is -1.02. The molecule has 2 heterocycles. The molecule has 1 saturated heterocycles. The molecule has 2 aliphatic rings. The zero-order valence-corrected chi connectivity index (χ0v) is 9.83. The number of fused-ring (bicyclic) bond motifs is 1. The summed E-state index contributed by atoms with van der Waals surface area (Å²) >= 11 is 0. The van der Waals surface area contributed by atoms with Gasteiger partial charge in [0.1, 0.15) is 5.75 Å². The minimum absolute atomic E-state index is 0.497. The van der Waals surface area contributed by atoms with Crippen LogP contribution in [0.1, 0.15) is 36.9 Å². The van der Waals surface area contributed by atoms with Gasteiger partial charge in [-0.3, -0.25) is 0 Å². The Kier molecular flexibility index (Phi) is 2.60. The summed E-state index contributed by atoms with van der Waals surface area (Å²) in [5.41, 5.74) is 2.76. The molecule has 1 aromatic carbocycles. The Morgan fingerprint density at radius 3 is 3.19 bits per heavy atom. The molecule has 0 amide bonds. The summed E-state index contributed by atoms with van der Waals surface area (Å²) in [5.74, 6) is 1.98. The van der Waals surface area contributed by atoms with Gasteiger partial charge < -0.3 is 10.1 Å². The fraction of sp³-hybridized carbons (Fsp3) is 0.571. The van der Waals surface area contributed by atoms with Crippen LogP contribution in [0.15, 0.2) is 18.2 Å². The second kappa shape index (κ2) is 4.10. The summed E-state index contributed by atoms with van der Waals surface area (Å²) < 4.78 is 5.78. The first-order chi connectivity index (χ1) is 7.84. The van der Waals surface area contributed by atoms with Crippen molar-refractivity contribution >= 4 is 0 Å². The first-order valence-corrected chi connectivity index (χ1v) is 6.32. The van der Waals surface area contributed by atoms with Crippen LogP contribution >= 0.6 is 0 Å². The molecule has 16 heavy (non-hydrogen) atoms. The number of hydrogen-bond acceptors (Lipinski definition) is 2. The molecule has 1 N–H and O–H groups in total. The van der Waals surface area contributed by atoms with Crippen molar-refractivity contribution in [2.24, 2.45) is 5.92 Å². The van der Waals surface area contributed by atoms with Crippen LogP contribution in [0.2, 0.25) is 0 Å². The number of rotatable bonds is 1. The van der Waals surface area contributed by atoms with Crippen LogP contribution in [0, 0.1) is 5.92 Å². The van der Waals surface area contributed by atoms with Gasteiger partial charge in [-0.05, 0) is 30.9 Å². The Morgan fingerprint density at radius 1 is 1.38 bits per heavy atom. The van der Waals surface area contributed by atoms with E-state index >= 15 is 0 Å². The van der Waals surface area contributed by atoms with Crippen LogP contribution in [-0.4, -0.2) is 13.2 Å². The molecule has 2 aliphatic heterocycles. The summed E-state index contributed by atoms with van der Waals surface area (Å²) in [6, 6.07) is 7.08. The largest absolute Gasteiger partial charge is 0.493 e. The highest BCUT2D eigenvalue weighted by Gasteiger charge is 2.25. The fourth-order valence-corrected chi connectivity index (χ4v) is 2.86. The molecule has 1 aromatic rings. The van der Waals surface area contributed by atoms with Gasteiger partial charge in [0.25, 0.3) is 0 Å². The second-order valence-electron chi connectivity index (χ2n) is 5.07. The van der Waals surface area contributed by atoms with E-state index in [0.29, 0.717) is 6.04 Å². The summed E-state index contributed by atoms with van der Waals surface area (Å²) in [4.78, 5) is 0. The minimum Gasteiger partial charge on any atom is -0.493 e. The topological polar surface area (TPSA) is 21.3 Å². The minimum atomic E-state index is 0.497. The molecule has 2 atom stereocenters. The average Bonchev–Trinajstić information content (AvgIpc) is 2.76. The van der Waals surface area contributed by atoms with Crippen molar-refractivity contribution in [1.29, 1.82) is 0 Å². The van der Waals surface area contributed by atoms with E-state index < -0.39 is 0 Å². The molecule has 0 bridgehead atoms. The van der Waals surface area contributed by atoms with Gasteiger partial charge in [-0.2, -0.15) is 0 Å². The molecule has 2 heteroatoms. The molecule has 3 rings (SSSR count). The predicted octanol–water partition coefficient (Wildman–Crippen LogP) is 2.68. The molecule has 0 saturated carbocycles. The molecule has 0 aliphatic carbocycles. The van der Waals surface area contributed by atoms with Gasteiger partial charge in [-0.15, -0.1) is 0 Å². The Balaban J connectivity index is 1.91. The monoisotopic (exact) mass is 217 g/mol. The van der Waals surface area contributed by atoms with Crippen LogP contribution in [0.5, 0.6) is 5.75 Å². The standard InChI is InChI=1S/C14H19NO/c1-10-5-7-15-13(9-10)12-4-2-3-11-6-8-16-14(11)12/h2-4,10,13,15H,5-9H2,1H3. The highest BCUT2D eigenvalue weighted by atomic mass is 16.5. The number of benzene rings is 1. The SMILES string of the molecule is CC1CCNC(c2cccc3c2OCC3)C1. The van der Waals surface area contributed by atoms with Crippen molar-refractivity contribution in [1.82, 2.24) is 5.32 Å². The van der Waals surface area contributed by atoms with E-state index in [1.165, 1.54) is 24.0 Å². The van der Waals surface area contributed by atoms with Crippen molar-refractivity contribution in [3.63, 3.8) is 0 Å². The maximum Gasteiger partial charge on any atom is 0.127 e. The van der Waals surface area contributed by atoms with Crippen molar-refractivity contribution in [2.45, 2.75) is 32.2 Å². The van der Waals surface area contributed by atoms with Crippen molar-refractivity contribution in [3.05, 3.63) is 29.3 Å². The van der Waals surface area contributed by atoms with E-state index in [4.69, 9.17) is 4.74 Å². The molecular weight excluding hydrogens is 198 g/mol. The molecule has 0 spiro atoms. The van der Waals surface area contributed by atoms with Gasteiger partial charge in [0, 0.05) is 18.0 Å². The molecule has 2 nitrogen and oxygen atoms in total. The van der Waals surface area contributed by atoms with Gasteiger partial charge in [-0.1, -0.05) is 25.1 Å². The lowest BCUT2D eigenvalue weighted by Crippen LogP contribution is -2.30. The first-order valence-electron chi connectivity index (χ1n) is 6.32. The van der Waals surface area contributed by atoms with Gasteiger partial charge in [0.05, 0.1) is 6.61 Å². The van der Waals surface area contributed by atoms with Crippen LogP contribution < -0.4 is 10.1 Å². The molecule has 1 fully saturated rings. The second-order valence-corrected chi connectivity index (χ2v) is 5.07. The molecule has 86 valence electrons. The lowest BCUT2D eigenvalue weighted by Gasteiger charge is -2.29. The van der Waals surface area contributed by atoms with E-state index in [-0.39, 0.29) is 0 Å². The van der Waals surface area contributed by atoms with E-state index in [9.17, 15) is 0 Å². The molecule has 0 radical (unpaired) electrons. The van der Waals surface area contributed by atoms with E-state index in [2.05, 4.69) is 30.4 Å². The smallest absolute Gasteiger partial charge is 0.127 e. The molecule has 0 aromatic heterocycles. The average molecular weight is 217 g/mol. The normalized spacial score (nSPS) is 28.6. The van der Waals surface area contributed by atoms with Crippen LogP contribution in [0.3, 0.4) is 0 Å². The van der Waals surface area contributed by atoms with E-state index in [1.54, 1.807) is 0 Å². The number of nitrogens with one attached hydrogen (secondary N) is 1. The van der Waals surface area contributed by atoms with E-state index in [1.807, 2.05) is 0 Å². The number of ether oxygens (including phenoxy) is 1.